The molecule has 1 aliphatic rings. The Balaban J connectivity index is 1.93. The van der Waals surface area contributed by atoms with Crippen LogP contribution < -0.4 is 14.8 Å². The number of nitrogens with zero attached hydrogens (tertiary/aromatic N) is 1. The van der Waals surface area contributed by atoms with Crippen molar-refractivity contribution in [3.63, 3.8) is 0 Å². The maximum absolute atomic E-state index is 13.8. The van der Waals surface area contributed by atoms with E-state index in [2.05, 4.69) is 5.32 Å². The molecule has 0 aromatic heterocycles. The van der Waals surface area contributed by atoms with Crippen molar-refractivity contribution < 1.29 is 28.6 Å². The van der Waals surface area contributed by atoms with Gasteiger partial charge in [-0.3, -0.25) is 4.79 Å². The van der Waals surface area contributed by atoms with E-state index in [9.17, 15) is 19.1 Å². The first-order valence-corrected chi connectivity index (χ1v) is 9.14. The first-order valence-electron chi connectivity index (χ1n) is 9.14. The van der Waals surface area contributed by atoms with E-state index in [4.69, 9.17) is 9.47 Å². The van der Waals surface area contributed by atoms with Crippen molar-refractivity contribution in [2.75, 3.05) is 26.1 Å². The van der Waals surface area contributed by atoms with Gasteiger partial charge in [-0.1, -0.05) is 6.07 Å². The van der Waals surface area contributed by atoms with Gasteiger partial charge in [-0.05, 0) is 54.3 Å². The van der Waals surface area contributed by atoms with E-state index >= 15 is 0 Å². The Morgan fingerprint density at radius 3 is 2.52 bits per heavy atom. The molecule has 0 unspecified atom stereocenters. The summed E-state index contributed by atoms with van der Waals surface area (Å²) in [4.78, 5) is 25.8. The maximum atomic E-state index is 13.8. The predicted octanol–water partition coefficient (Wildman–Crippen LogP) is 3.76. The Morgan fingerprint density at radius 1 is 1.21 bits per heavy atom. The quantitative estimate of drug-likeness (QED) is 0.795. The van der Waals surface area contributed by atoms with Crippen LogP contribution in [0.25, 0.3) is 0 Å². The number of carboxylic acids is 1. The minimum absolute atomic E-state index is 0.266. The number of aliphatic carboxylic acids is 1. The van der Waals surface area contributed by atoms with Gasteiger partial charge in [0.05, 0.1) is 26.7 Å². The van der Waals surface area contributed by atoms with Gasteiger partial charge in [0, 0.05) is 12.2 Å². The van der Waals surface area contributed by atoms with Crippen molar-refractivity contribution in [2.45, 2.75) is 25.8 Å². The third kappa shape index (κ3) is 4.26. The lowest BCUT2D eigenvalue weighted by Crippen LogP contribution is -2.43. The minimum atomic E-state index is -1.03. The zero-order valence-electron chi connectivity index (χ0n) is 16.5. The Hall–Kier alpha value is -3.29. The molecule has 1 atom stereocenters. The lowest BCUT2D eigenvalue weighted by Gasteiger charge is -2.37. The second-order valence-electron chi connectivity index (χ2n) is 6.86. The molecule has 0 bridgehead atoms. The van der Waals surface area contributed by atoms with Gasteiger partial charge in [-0.2, -0.15) is 0 Å². The van der Waals surface area contributed by atoms with Gasteiger partial charge in [0.2, 0.25) is 0 Å². The van der Waals surface area contributed by atoms with Crippen molar-refractivity contribution >= 4 is 17.7 Å². The molecule has 0 saturated heterocycles. The molecule has 2 N–H and O–H groups in total. The van der Waals surface area contributed by atoms with Crippen LogP contribution in [0, 0.1) is 12.7 Å². The Bertz CT molecular complexity index is 947. The van der Waals surface area contributed by atoms with E-state index in [-0.39, 0.29) is 6.42 Å². The summed E-state index contributed by atoms with van der Waals surface area (Å²) in [5, 5.41) is 12.1. The second kappa shape index (κ2) is 8.38. The molecule has 8 heteroatoms. The van der Waals surface area contributed by atoms with E-state index in [0.717, 1.165) is 5.56 Å². The number of amides is 2. The fraction of sp³-hybridized carbons (Fsp3) is 0.333. The van der Waals surface area contributed by atoms with Gasteiger partial charge >= 0.3 is 12.0 Å². The molecule has 29 heavy (non-hydrogen) atoms. The molecular weight excluding hydrogens is 379 g/mol. The van der Waals surface area contributed by atoms with Crippen LogP contribution in [0.15, 0.2) is 30.3 Å². The monoisotopic (exact) mass is 402 g/mol. The van der Waals surface area contributed by atoms with Crippen molar-refractivity contribution in [1.29, 1.82) is 0 Å². The van der Waals surface area contributed by atoms with Crippen LogP contribution in [0.5, 0.6) is 11.5 Å². The molecular formula is C21H23FN2O5. The SMILES string of the molecule is COc1cc2c(cc1OC)[C@H](CC(=O)O)N(C(=O)Nc1ccc(C)c(F)c1)CC2. The third-order valence-corrected chi connectivity index (χ3v) is 5.05. The number of carbonyl (C=O) groups excluding carboxylic acids is 1. The van der Waals surface area contributed by atoms with Crippen LogP contribution in [-0.4, -0.2) is 42.8 Å². The molecule has 0 fully saturated rings. The number of carbonyl (C=O) groups is 2. The number of fused-ring (bicyclic) bond motifs is 1. The first-order chi connectivity index (χ1) is 13.8. The smallest absolute Gasteiger partial charge is 0.322 e. The van der Waals surface area contributed by atoms with Crippen molar-refractivity contribution in [3.8, 4) is 11.5 Å². The highest BCUT2D eigenvalue weighted by Crippen LogP contribution is 2.39. The number of ether oxygens (including phenoxy) is 2. The maximum Gasteiger partial charge on any atom is 0.322 e. The van der Waals surface area contributed by atoms with Crippen LogP contribution in [-0.2, 0) is 11.2 Å². The fourth-order valence-corrected chi connectivity index (χ4v) is 3.52. The summed E-state index contributed by atoms with van der Waals surface area (Å²) in [5.41, 5.74) is 2.38. The van der Waals surface area contributed by atoms with E-state index < -0.39 is 23.9 Å². The number of hydrogen-bond acceptors (Lipinski definition) is 4. The fourth-order valence-electron chi connectivity index (χ4n) is 3.52. The third-order valence-electron chi connectivity index (χ3n) is 5.05. The molecule has 2 aromatic carbocycles. The van der Waals surface area contributed by atoms with Gasteiger partial charge < -0.3 is 24.8 Å². The number of urea groups is 1. The number of aryl methyl sites for hydroxylation is 1. The molecule has 1 heterocycles. The van der Waals surface area contributed by atoms with Crippen molar-refractivity contribution in [3.05, 3.63) is 52.8 Å². The molecule has 1 aliphatic heterocycles. The Morgan fingerprint density at radius 2 is 1.90 bits per heavy atom. The number of benzene rings is 2. The van der Waals surface area contributed by atoms with E-state index in [1.54, 1.807) is 25.1 Å². The van der Waals surface area contributed by atoms with E-state index in [0.29, 0.717) is 41.3 Å². The molecule has 154 valence electrons. The summed E-state index contributed by atoms with van der Waals surface area (Å²) in [5.74, 6) is -0.444. The van der Waals surface area contributed by atoms with Gasteiger partial charge in [-0.25, -0.2) is 9.18 Å². The molecule has 3 rings (SSSR count). The zero-order chi connectivity index (χ0) is 21.1. The van der Waals surface area contributed by atoms with Crippen molar-refractivity contribution in [1.82, 2.24) is 4.90 Å². The Labute approximate surface area is 168 Å². The summed E-state index contributed by atoms with van der Waals surface area (Å²) >= 11 is 0. The summed E-state index contributed by atoms with van der Waals surface area (Å²) in [7, 11) is 3.03. The van der Waals surface area contributed by atoms with Gasteiger partial charge in [0.15, 0.2) is 11.5 Å². The van der Waals surface area contributed by atoms with Crippen LogP contribution in [0.2, 0.25) is 0 Å². The number of hydrogen-bond donors (Lipinski definition) is 2. The minimum Gasteiger partial charge on any atom is -0.493 e. The molecule has 2 amide bonds. The normalized spacial score (nSPS) is 15.4. The van der Waals surface area contributed by atoms with Gasteiger partial charge in [0.1, 0.15) is 5.82 Å². The Kier molecular flexibility index (Phi) is 5.91. The average Bonchev–Trinajstić information content (AvgIpc) is 2.69. The summed E-state index contributed by atoms with van der Waals surface area (Å²) < 4.78 is 24.5. The topological polar surface area (TPSA) is 88.1 Å². The zero-order valence-corrected chi connectivity index (χ0v) is 16.5. The number of nitrogens with one attached hydrogen (secondary N) is 1. The van der Waals surface area contributed by atoms with Crippen LogP contribution in [0.1, 0.15) is 29.2 Å². The van der Waals surface area contributed by atoms with Gasteiger partial charge in [-0.15, -0.1) is 0 Å². The standard InChI is InChI=1S/C21H23FN2O5/c1-12-4-5-14(9-16(12)22)23-21(27)24-7-6-13-8-18(28-2)19(29-3)10-15(13)17(24)11-20(25)26/h4-5,8-10,17H,6-7,11H2,1-3H3,(H,23,27)(H,25,26)/t17-/m0/s1. The first kappa shape index (κ1) is 20.4. The highest BCUT2D eigenvalue weighted by molar-refractivity contribution is 5.90. The number of carboxylic acid groups (broad SMARTS) is 1. The number of anilines is 1. The highest BCUT2D eigenvalue weighted by atomic mass is 19.1. The number of rotatable bonds is 5. The average molecular weight is 402 g/mol. The van der Waals surface area contributed by atoms with Crippen LogP contribution >= 0.6 is 0 Å². The highest BCUT2D eigenvalue weighted by Gasteiger charge is 2.33. The van der Waals surface area contributed by atoms with Gasteiger partial charge in [0.25, 0.3) is 0 Å². The number of methoxy groups -OCH3 is 2. The second-order valence-corrected chi connectivity index (χ2v) is 6.86. The largest absolute Gasteiger partial charge is 0.493 e. The molecule has 0 saturated carbocycles. The van der Waals surface area contributed by atoms with Crippen molar-refractivity contribution in [2.24, 2.45) is 0 Å². The van der Waals surface area contributed by atoms with E-state index in [1.165, 1.54) is 25.2 Å². The molecule has 0 spiro atoms. The van der Waals surface area contributed by atoms with Crippen LogP contribution in [0.4, 0.5) is 14.9 Å². The lowest BCUT2D eigenvalue weighted by atomic mass is 9.90. The molecule has 2 aromatic rings. The summed E-state index contributed by atoms with van der Waals surface area (Å²) in [6.45, 7) is 1.95. The van der Waals surface area contributed by atoms with E-state index in [1.807, 2.05) is 6.07 Å². The predicted molar refractivity (Wildman–Crippen MR) is 105 cm³/mol. The molecule has 0 aliphatic carbocycles. The van der Waals surface area contributed by atoms with Crippen LogP contribution in [0.3, 0.4) is 0 Å². The lowest BCUT2D eigenvalue weighted by molar-refractivity contribution is -0.138. The molecule has 7 nitrogen and oxygen atoms in total. The summed E-state index contributed by atoms with van der Waals surface area (Å²) in [6.07, 6.45) is 0.264. The molecule has 0 radical (unpaired) electrons. The summed E-state index contributed by atoms with van der Waals surface area (Å²) in [6, 6.07) is 6.77. The number of halogens is 1.